The van der Waals surface area contributed by atoms with Gasteiger partial charge in [0.15, 0.2) is 0 Å². The molecule has 0 saturated carbocycles. The molecule has 0 saturated heterocycles. The monoisotopic (exact) mass is 117 g/mol. The Morgan fingerprint density at radius 3 is 2.43 bits per heavy atom. The summed E-state index contributed by atoms with van der Waals surface area (Å²) in [5.74, 6) is 0.690. The Kier molecular flexibility index (Phi) is 3.13. The summed E-state index contributed by atoms with van der Waals surface area (Å²) < 4.78 is 0. The van der Waals surface area contributed by atoms with Gasteiger partial charge in [0, 0.05) is 11.8 Å². The number of hydrogen-bond donors (Lipinski definition) is 2. The molecule has 0 aromatic rings. The summed E-state index contributed by atoms with van der Waals surface area (Å²) in [5, 5.41) is 0. The average Bonchev–Trinajstić information content (AvgIpc) is 1.65. The maximum Gasteiger partial charge on any atom is 0.0337 e. The minimum Gasteiger partial charge on any atom is -0.324 e. The molecule has 1 nitrogen and oxygen atoms in total. The predicted molar refractivity (Wildman–Crippen MR) is 36.6 cm³/mol. The standard InChI is InChI=1S/C5H11NS/c1-4(2)5(6)3-7/h5,7H,1,3,6H2,2H3. The average molecular weight is 117 g/mol. The first kappa shape index (κ1) is 7.05. The summed E-state index contributed by atoms with van der Waals surface area (Å²) in [5.41, 5.74) is 6.44. The molecule has 0 heterocycles. The summed E-state index contributed by atoms with van der Waals surface area (Å²) >= 11 is 3.97. The minimum atomic E-state index is 0.0725. The van der Waals surface area contributed by atoms with E-state index >= 15 is 0 Å². The lowest BCUT2D eigenvalue weighted by Gasteiger charge is -2.04. The maximum atomic E-state index is 5.44. The summed E-state index contributed by atoms with van der Waals surface area (Å²) in [6, 6.07) is 0.0725. The van der Waals surface area contributed by atoms with E-state index in [1.54, 1.807) is 0 Å². The number of rotatable bonds is 2. The fourth-order valence-electron chi connectivity index (χ4n) is 0.156. The van der Waals surface area contributed by atoms with Gasteiger partial charge in [-0.25, -0.2) is 0 Å². The Labute approximate surface area is 50.0 Å². The molecular formula is C5H11NS. The number of hydrogen-bond acceptors (Lipinski definition) is 2. The van der Waals surface area contributed by atoms with Crippen molar-refractivity contribution in [2.45, 2.75) is 13.0 Å². The van der Waals surface area contributed by atoms with Gasteiger partial charge in [0.25, 0.3) is 0 Å². The highest BCUT2D eigenvalue weighted by Gasteiger charge is 1.95. The molecule has 7 heavy (non-hydrogen) atoms. The van der Waals surface area contributed by atoms with E-state index in [-0.39, 0.29) is 6.04 Å². The third-order valence-electron chi connectivity index (χ3n) is 0.830. The van der Waals surface area contributed by atoms with Crippen LogP contribution in [0.3, 0.4) is 0 Å². The van der Waals surface area contributed by atoms with Crippen LogP contribution in [0.4, 0.5) is 0 Å². The van der Waals surface area contributed by atoms with Crippen molar-refractivity contribution in [3.05, 3.63) is 12.2 Å². The SMILES string of the molecule is C=C(C)C(N)CS. The fraction of sp³-hybridized carbons (Fsp3) is 0.600. The van der Waals surface area contributed by atoms with Crippen molar-refractivity contribution in [3.63, 3.8) is 0 Å². The van der Waals surface area contributed by atoms with Gasteiger partial charge in [-0.3, -0.25) is 0 Å². The van der Waals surface area contributed by atoms with Crippen LogP contribution in [0, 0.1) is 0 Å². The third kappa shape index (κ3) is 2.71. The van der Waals surface area contributed by atoms with Crippen LogP contribution in [-0.2, 0) is 0 Å². The lowest BCUT2D eigenvalue weighted by molar-refractivity contribution is 0.881. The lowest BCUT2D eigenvalue weighted by Crippen LogP contribution is -2.22. The molecule has 0 fully saturated rings. The van der Waals surface area contributed by atoms with Crippen molar-refractivity contribution in [2.24, 2.45) is 5.73 Å². The quantitative estimate of drug-likeness (QED) is 0.406. The van der Waals surface area contributed by atoms with Gasteiger partial charge < -0.3 is 5.73 Å². The smallest absolute Gasteiger partial charge is 0.0337 e. The first-order valence-electron chi connectivity index (χ1n) is 2.20. The molecule has 2 N–H and O–H groups in total. The largest absolute Gasteiger partial charge is 0.324 e. The van der Waals surface area contributed by atoms with Gasteiger partial charge in [0.05, 0.1) is 0 Å². The molecule has 0 aliphatic rings. The molecular weight excluding hydrogens is 106 g/mol. The minimum absolute atomic E-state index is 0.0725. The molecule has 0 rings (SSSR count). The molecule has 1 atom stereocenters. The van der Waals surface area contributed by atoms with Crippen molar-refractivity contribution in [3.8, 4) is 0 Å². The Morgan fingerprint density at radius 2 is 2.43 bits per heavy atom. The molecule has 0 aliphatic heterocycles. The van der Waals surface area contributed by atoms with Gasteiger partial charge in [0.2, 0.25) is 0 Å². The van der Waals surface area contributed by atoms with E-state index in [0.29, 0.717) is 5.75 Å². The Bertz CT molecular complexity index is 70.5. The molecule has 0 aromatic carbocycles. The molecule has 0 spiro atoms. The Balaban J connectivity index is 3.34. The first-order valence-corrected chi connectivity index (χ1v) is 2.83. The van der Waals surface area contributed by atoms with Crippen molar-refractivity contribution in [1.82, 2.24) is 0 Å². The van der Waals surface area contributed by atoms with E-state index in [4.69, 9.17) is 5.73 Å². The van der Waals surface area contributed by atoms with E-state index in [2.05, 4.69) is 19.2 Å². The van der Waals surface area contributed by atoms with Crippen LogP contribution in [0.5, 0.6) is 0 Å². The van der Waals surface area contributed by atoms with Crippen molar-refractivity contribution in [2.75, 3.05) is 5.75 Å². The zero-order valence-electron chi connectivity index (χ0n) is 4.52. The molecule has 0 radical (unpaired) electrons. The topological polar surface area (TPSA) is 26.0 Å². The van der Waals surface area contributed by atoms with Crippen LogP contribution < -0.4 is 5.73 Å². The van der Waals surface area contributed by atoms with Crippen LogP contribution in [0.2, 0.25) is 0 Å². The highest BCUT2D eigenvalue weighted by Crippen LogP contribution is 1.94. The van der Waals surface area contributed by atoms with E-state index in [0.717, 1.165) is 5.57 Å². The van der Waals surface area contributed by atoms with Gasteiger partial charge in [-0.1, -0.05) is 12.2 Å². The Morgan fingerprint density at radius 1 is 2.00 bits per heavy atom. The van der Waals surface area contributed by atoms with Gasteiger partial charge in [0.1, 0.15) is 0 Å². The van der Waals surface area contributed by atoms with Crippen LogP contribution in [0.15, 0.2) is 12.2 Å². The summed E-state index contributed by atoms with van der Waals surface area (Å²) in [4.78, 5) is 0. The van der Waals surface area contributed by atoms with E-state index in [1.807, 2.05) is 6.92 Å². The highest BCUT2D eigenvalue weighted by molar-refractivity contribution is 7.80. The predicted octanol–water partition coefficient (Wildman–Crippen LogP) is 0.820. The van der Waals surface area contributed by atoms with E-state index < -0.39 is 0 Å². The van der Waals surface area contributed by atoms with E-state index in [9.17, 15) is 0 Å². The molecule has 0 amide bonds. The van der Waals surface area contributed by atoms with Gasteiger partial charge in [-0.05, 0) is 6.92 Å². The second-order valence-electron chi connectivity index (χ2n) is 1.64. The zero-order chi connectivity index (χ0) is 5.86. The Hall–Kier alpha value is 0.0500. The van der Waals surface area contributed by atoms with Crippen molar-refractivity contribution < 1.29 is 0 Å². The third-order valence-corrected chi connectivity index (χ3v) is 1.22. The zero-order valence-corrected chi connectivity index (χ0v) is 5.41. The molecule has 0 aromatic heterocycles. The second-order valence-corrected chi connectivity index (χ2v) is 2.00. The number of nitrogens with two attached hydrogens (primary N) is 1. The number of thiol groups is 1. The highest BCUT2D eigenvalue weighted by atomic mass is 32.1. The summed E-state index contributed by atoms with van der Waals surface area (Å²) in [7, 11) is 0. The van der Waals surface area contributed by atoms with Crippen LogP contribution >= 0.6 is 12.6 Å². The van der Waals surface area contributed by atoms with Gasteiger partial charge in [-0.15, -0.1) is 0 Å². The van der Waals surface area contributed by atoms with Crippen molar-refractivity contribution in [1.29, 1.82) is 0 Å². The second kappa shape index (κ2) is 3.10. The van der Waals surface area contributed by atoms with Crippen molar-refractivity contribution >= 4 is 12.6 Å². The molecule has 42 valence electrons. The van der Waals surface area contributed by atoms with Gasteiger partial charge in [-0.2, -0.15) is 12.6 Å². The maximum absolute atomic E-state index is 5.44. The van der Waals surface area contributed by atoms with Crippen LogP contribution in [0.1, 0.15) is 6.92 Å². The molecule has 1 unspecified atom stereocenters. The molecule has 0 bridgehead atoms. The summed E-state index contributed by atoms with van der Waals surface area (Å²) in [6.07, 6.45) is 0. The van der Waals surface area contributed by atoms with Crippen LogP contribution in [-0.4, -0.2) is 11.8 Å². The van der Waals surface area contributed by atoms with Crippen LogP contribution in [0.25, 0.3) is 0 Å². The van der Waals surface area contributed by atoms with Gasteiger partial charge >= 0.3 is 0 Å². The fourth-order valence-corrected chi connectivity index (χ4v) is 0.468. The van der Waals surface area contributed by atoms with E-state index in [1.165, 1.54) is 0 Å². The summed E-state index contributed by atoms with van der Waals surface area (Å²) in [6.45, 7) is 5.56. The normalized spacial score (nSPS) is 13.6. The molecule has 0 aliphatic carbocycles. The molecule has 2 heteroatoms. The lowest BCUT2D eigenvalue weighted by atomic mass is 10.2. The first-order chi connectivity index (χ1) is 3.18.